The monoisotopic (exact) mass is 215 g/mol. The number of hydrogen-bond acceptors (Lipinski definition) is 2. The molecule has 2 unspecified atom stereocenters. The molecule has 0 heterocycles. The highest BCUT2D eigenvalue weighted by atomic mass is 16.3. The van der Waals surface area contributed by atoms with E-state index in [1.165, 1.54) is 25.7 Å². The molecule has 0 spiro atoms. The predicted octanol–water partition coefficient (Wildman–Crippen LogP) is 2.95. The highest BCUT2D eigenvalue weighted by Crippen LogP contribution is 2.09. The van der Waals surface area contributed by atoms with Crippen LogP contribution in [-0.2, 0) is 0 Å². The zero-order valence-corrected chi connectivity index (χ0v) is 10.9. The van der Waals surface area contributed by atoms with Crippen LogP contribution in [0.1, 0.15) is 59.8 Å². The second-order valence-electron chi connectivity index (χ2n) is 4.93. The van der Waals surface area contributed by atoms with Crippen LogP contribution in [0, 0.1) is 5.92 Å². The molecule has 2 atom stereocenters. The van der Waals surface area contributed by atoms with Crippen molar-refractivity contribution in [1.29, 1.82) is 0 Å². The lowest BCUT2D eigenvalue weighted by atomic mass is 9.99. The molecule has 0 aromatic rings. The first-order valence-electron chi connectivity index (χ1n) is 6.48. The second kappa shape index (κ2) is 9.17. The van der Waals surface area contributed by atoms with E-state index in [0.717, 1.165) is 6.42 Å². The maximum Gasteiger partial charge on any atom is 0.0445 e. The van der Waals surface area contributed by atoms with Gasteiger partial charge in [0.2, 0.25) is 0 Å². The van der Waals surface area contributed by atoms with E-state index < -0.39 is 0 Å². The predicted molar refractivity (Wildman–Crippen MR) is 67.1 cm³/mol. The lowest BCUT2D eigenvalue weighted by Crippen LogP contribution is -2.40. The average Bonchev–Trinajstić information content (AvgIpc) is 2.17. The Morgan fingerprint density at radius 1 is 1.07 bits per heavy atom. The van der Waals surface area contributed by atoms with Crippen molar-refractivity contribution in [3.8, 4) is 0 Å². The van der Waals surface area contributed by atoms with Crippen molar-refractivity contribution in [1.82, 2.24) is 5.32 Å². The highest BCUT2D eigenvalue weighted by Gasteiger charge is 2.14. The molecule has 2 N–H and O–H groups in total. The Morgan fingerprint density at radius 2 is 1.73 bits per heavy atom. The van der Waals surface area contributed by atoms with E-state index in [1.54, 1.807) is 0 Å². The number of nitrogens with one attached hydrogen (secondary N) is 1. The van der Waals surface area contributed by atoms with Crippen LogP contribution in [0.4, 0.5) is 0 Å². The Bertz CT molecular complexity index is 136. The van der Waals surface area contributed by atoms with Crippen molar-refractivity contribution >= 4 is 0 Å². The minimum absolute atomic E-state index is 0.289. The first-order valence-corrected chi connectivity index (χ1v) is 6.48. The maximum atomic E-state index is 8.97. The SMILES string of the molecule is CCCCCC(C)NC(CCO)C(C)C. The zero-order valence-electron chi connectivity index (χ0n) is 10.9. The summed E-state index contributed by atoms with van der Waals surface area (Å²) in [5.41, 5.74) is 0. The minimum atomic E-state index is 0.289. The fourth-order valence-corrected chi connectivity index (χ4v) is 1.90. The summed E-state index contributed by atoms with van der Waals surface area (Å²) in [6, 6.07) is 1.04. The molecule has 0 aromatic carbocycles. The Kier molecular flexibility index (Phi) is 9.12. The average molecular weight is 215 g/mol. The Labute approximate surface area is 95.5 Å². The van der Waals surface area contributed by atoms with Gasteiger partial charge in [-0.3, -0.25) is 0 Å². The van der Waals surface area contributed by atoms with Gasteiger partial charge in [-0.05, 0) is 25.7 Å². The Morgan fingerprint density at radius 3 is 2.20 bits per heavy atom. The third kappa shape index (κ3) is 7.80. The van der Waals surface area contributed by atoms with Gasteiger partial charge in [-0.1, -0.05) is 40.0 Å². The third-order valence-electron chi connectivity index (χ3n) is 2.98. The van der Waals surface area contributed by atoms with Gasteiger partial charge in [0.25, 0.3) is 0 Å². The van der Waals surface area contributed by atoms with Gasteiger partial charge in [-0.2, -0.15) is 0 Å². The highest BCUT2D eigenvalue weighted by molar-refractivity contribution is 4.74. The molecule has 0 fully saturated rings. The van der Waals surface area contributed by atoms with Crippen molar-refractivity contribution in [3.05, 3.63) is 0 Å². The van der Waals surface area contributed by atoms with Crippen molar-refractivity contribution in [2.45, 2.75) is 71.9 Å². The van der Waals surface area contributed by atoms with Crippen molar-refractivity contribution < 1.29 is 5.11 Å². The van der Waals surface area contributed by atoms with Gasteiger partial charge in [0, 0.05) is 18.7 Å². The summed E-state index contributed by atoms with van der Waals surface area (Å²) in [4.78, 5) is 0. The summed E-state index contributed by atoms with van der Waals surface area (Å²) in [6.45, 7) is 9.21. The van der Waals surface area contributed by atoms with Gasteiger partial charge >= 0.3 is 0 Å². The summed E-state index contributed by atoms with van der Waals surface area (Å²) in [6.07, 6.45) is 6.06. The van der Waals surface area contributed by atoms with E-state index in [4.69, 9.17) is 5.11 Å². The van der Waals surface area contributed by atoms with E-state index in [1.807, 2.05) is 0 Å². The van der Waals surface area contributed by atoms with Crippen LogP contribution in [0.25, 0.3) is 0 Å². The molecule has 0 saturated carbocycles. The molecule has 0 radical (unpaired) electrons. The van der Waals surface area contributed by atoms with Crippen molar-refractivity contribution in [2.24, 2.45) is 5.92 Å². The molecule has 92 valence electrons. The van der Waals surface area contributed by atoms with E-state index >= 15 is 0 Å². The molecule has 0 aliphatic rings. The van der Waals surface area contributed by atoms with E-state index in [2.05, 4.69) is 33.0 Å². The molecule has 2 heteroatoms. The molecule has 0 aliphatic carbocycles. The molecule has 0 saturated heterocycles. The molecule has 0 bridgehead atoms. The van der Waals surface area contributed by atoms with Gasteiger partial charge in [0.1, 0.15) is 0 Å². The van der Waals surface area contributed by atoms with Crippen LogP contribution < -0.4 is 5.32 Å². The summed E-state index contributed by atoms with van der Waals surface area (Å²) >= 11 is 0. The summed E-state index contributed by atoms with van der Waals surface area (Å²) in [7, 11) is 0. The van der Waals surface area contributed by atoms with Gasteiger partial charge in [-0.25, -0.2) is 0 Å². The van der Waals surface area contributed by atoms with Gasteiger partial charge < -0.3 is 10.4 Å². The zero-order chi connectivity index (χ0) is 11.7. The minimum Gasteiger partial charge on any atom is -0.396 e. The van der Waals surface area contributed by atoms with Gasteiger partial charge in [-0.15, -0.1) is 0 Å². The normalized spacial score (nSPS) is 15.6. The van der Waals surface area contributed by atoms with Crippen molar-refractivity contribution in [3.63, 3.8) is 0 Å². The molecule has 0 amide bonds. The van der Waals surface area contributed by atoms with Crippen molar-refractivity contribution in [2.75, 3.05) is 6.61 Å². The topological polar surface area (TPSA) is 32.3 Å². The third-order valence-corrected chi connectivity index (χ3v) is 2.98. The molecular formula is C13H29NO. The molecule has 2 nitrogen and oxygen atoms in total. The fourth-order valence-electron chi connectivity index (χ4n) is 1.90. The lowest BCUT2D eigenvalue weighted by molar-refractivity contribution is 0.234. The number of aliphatic hydroxyl groups is 1. The molecule has 0 aliphatic heterocycles. The molecule has 15 heavy (non-hydrogen) atoms. The van der Waals surface area contributed by atoms with Crippen LogP contribution in [-0.4, -0.2) is 23.8 Å². The molecular weight excluding hydrogens is 186 g/mol. The smallest absolute Gasteiger partial charge is 0.0445 e. The summed E-state index contributed by atoms with van der Waals surface area (Å²) < 4.78 is 0. The summed E-state index contributed by atoms with van der Waals surface area (Å²) in [5.74, 6) is 0.603. The largest absolute Gasteiger partial charge is 0.396 e. The standard InChI is InChI=1S/C13H29NO/c1-5-6-7-8-12(4)14-13(9-10-15)11(2)3/h11-15H,5-10H2,1-4H3. The van der Waals surface area contributed by atoms with Crippen LogP contribution in [0.2, 0.25) is 0 Å². The number of hydrogen-bond donors (Lipinski definition) is 2. The van der Waals surface area contributed by atoms with Gasteiger partial charge in [0.05, 0.1) is 0 Å². The van der Waals surface area contributed by atoms with E-state index in [9.17, 15) is 0 Å². The first kappa shape index (κ1) is 14.9. The fraction of sp³-hybridized carbons (Fsp3) is 1.00. The maximum absolute atomic E-state index is 8.97. The first-order chi connectivity index (χ1) is 7.11. The van der Waals surface area contributed by atoms with Crippen LogP contribution in [0.3, 0.4) is 0 Å². The van der Waals surface area contributed by atoms with E-state index in [0.29, 0.717) is 18.0 Å². The molecule has 0 rings (SSSR count). The molecule has 0 aromatic heterocycles. The van der Waals surface area contributed by atoms with E-state index in [-0.39, 0.29) is 6.61 Å². The van der Waals surface area contributed by atoms with Crippen LogP contribution in [0.15, 0.2) is 0 Å². The van der Waals surface area contributed by atoms with Crippen LogP contribution in [0.5, 0.6) is 0 Å². The quantitative estimate of drug-likeness (QED) is 0.580. The lowest BCUT2D eigenvalue weighted by Gasteiger charge is -2.26. The number of unbranched alkanes of at least 4 members (excludes halogenated alkanes) is 2. The Balaban J connectivity index is 3.73. The number of rotatable bonds is 9. The van der Waals surface area contributed by atoms with Gasteiger partial charge in [0.15, 0.2) is 0 Å². The second-order valence-corrected chi connectivity index (χ2v) is 4.93. The Hall–Kier alpha value is -0.0800. The van der Waals surface area contributed by atoms with Crippen LogP contribution >= 0.6 is 0 Å². The number of aliphatic hydroxyl groups excluding tert-OH is 1. The summed E-state index contributed by atoms with van der Waals surface area (Å²) in [5, 5.41) is 12.6.